The molecule has 4 nitrogen and oxygen atoms in total. The normalized spacial score (nSPS) is 12.2. The first-order valence-electron chi connectivity index (χ1n) is 4.90. The van der Waals surface area contributed by atoms with Gasteiger partial charge in [-0.1, -0.05) is 0 Å². The largest absolute Gasteiger partial charge is 0.368 e. The van der Waals surface area contributed by atoms with Gasteiger partial charge in [-0.3, -0.25) is 0 Å². The Morgan fingerprint density at radius 3 is 2.93 bits per heavy atom. The Morgan fingerprint density at radius 2 is 2.33 bits per heavy atom. The van der Waals surface area contributed by atoms with Crippen molar-refractivity contribution in [3.63, 3.8) is 0 Å². The predicted molar refractivity (Wildman–Crippen MR) is 60.6 cm³/mol. The number of nitriles is 1. The minimum absolute atomic E-state index is 0.428. The fourth-order valence-corrected chi connectivity index (χ4v) is 1.03. The van der Waals surface area contributed by atoms with Crippen LogP contribution < -0.4 is 5.32 Å². The van der Waals surface area contributed by atoms with Gasteiger partial charge in [-0.2, -0.15) is 5.26 Å². The highest BCUT2D eigenvalue weighted by atomic mass is 15.1. The third-order valence-electron chi connectivity index (χ3n) is 2.35. The molecule has 1 aromatic rings. The van der Waals surface area contributed by atoms with Crippen molar-refractivity contribution in [2.75, 3.05) is 26.0 Å². The second-order valence-corrected chi connectivity index (χ2v) is 3.74. The number of nitrogens with one attached hydrogen (secondary N) is 1. The van der Waals surface area contributed by atoms with Gasteiger partial charge >= 0.3 is 0 Å². The molecule has 80 valence electrons. The zero-order valence-corrected chi connectivity index (χ0v) is 9.36. The summed E-state index contributed by atoms with van der Waals surface area (Å²) < 4.78 is 0. The van der Waals surface area contributed by atoms with Gasteiger partial charge in [0.1, 0.15) is 5.82 Å². The number of rotatable bonds is 4. The summed E-state index contributed by atoms with van der Waals surface area (Å²) in [5.74, 6) is 0.753. The first kappa shape index (κ1) is 11.5. The monoisotopic (exact) mass is 204 g/mol. The maximum atomic E-state index is 8.71. The van der Waals surface area contributed by atoms with E-state index in [4.69, 9.17) is 5.26 Å². The van der Waals surface area contributed by atoms with E-state index in [1.165, 1.54) is 0 Å². The van der Waals surface area contributed by atoms with Crippen molar-refractivity contribution in [2.24, 2.45) is 0 Å². The molecule has 0 aliphatic heterocycles. The molecule has 0 aromatic carbocycles. The van der Waals surface area contributed by atoms with E-state index in [9.17, 15) is 0 Å². The molecular weight excluding hydrogens is 188 g/mol. The van der Waals surface area contributed by atoms with E-state index in [-0.39, 0.29) is 0 Å². The summed E-state index contributed by atoms with van der Waals surface area (Å²) in [7, 11) is 4.07. The summed E-state index contributed by atoms with van der Waals surface area (Å²) in [6, 6.07) is 5.96. The number of likely N-dealkylation sites (N-methyl/N-ethyl adjacent to an activating group) is 1. The molecule has 0 fully saturated rings. The minimum atomic E-state index is 0.428. The molecular formula is C11H16N4. The lowest BCUT2D eigenvalue weighted by Gasteiger charge is -2.20. The highest BCUT2D eigenvalue weighted by Crippen LogP contribution is 2.05. The number of pyridine rings is 1. The van der Waals surface area contributed by atoms with E-state index in [1.807, 2.05) is 14.1 Å². The van der Waals surface area contributed by atoms with E-state index in [1.54, 1.807) is 18.3 Å². The third-order valence-corrected chi connectivity index (χ3v) is 2.35. The molecule has 15 heavy (non-hydrogen) atoms. The molecule has 1 heterocycles. The van der Waals surface area contributed by atoms with Crippen LogP contribution in [0.25, 0.3) is 0 Å². The van der Waals surface area contributed by atoms with E-state index >= 15 is 0 Å². The van der Waals surface area contributed by atoms with Crippen LogP contribution in [0.15, 0.2) is 18.3 Å². The van der Waals surface area contributed by atoms with Gasteiger partial charge in [-0.25, -0.2) is 4.98 Å². The van der Waals surface area contributed by atoms with Crippen LogP contribution in [-0.2, 0) is 0 Å². The topological polar surface area (TPSA) is 52.0 Å². The Bertz CT molecular complexity index is 354. The fraction of sp³-hybridized carbons (Fsp3) is 0.455. The number of hydrogen-bond acceptors (Lipinski definition) is 4. The third kappa shape index (κ3) is 3.56. The zero-order valence-electron chi connectivity index (χ0n) is 9.36. The summed E-state index contributed by atoms with van der Waals surface area (Å²) in [6.07, 6.45) is 1.64. The Balaban J connectivity index is 2.55. The van der Waals surface area contributed by atoms with Gasteiger partial charge in [-0.15, -0.1) is 0 Å². The van der Waals surface area contributed by atoms with E-state index in [0.29, 0.717) is 11.6 Å². The predicted octanol–water partition coefficient (Wildman–Crippen LogP) is 1.32. The molecule has 1 N–H and O–H groups in total. The summed E-state index contributed by atoms with van der Waals surface area (Å²) in [4.78, 5) is 6.26. The summed E-state index contributed by atoms with van der Waals surface area (Å²) in [6.45, 7) is 2.94. The summed E-state index contributed by atoms with van der Waals surface area (Å²) >= 11 is 0. The van der Waals surface area contributed by atoms with Gasteiger partial charge in [0.25, 0.3) is 0 Å². The number of nitrogens with zero attached hydrogens (tertiary/aromatic N) is 3. The lowest BCUT2D eigenvalue weighted by molar-refractivity contribution is 0.326. The molecule has 1 atom stereocenters. The molecule has 0 aliphatic carbocycles. The maximum Gasteiger partial charge on any atom is 0.127 e. The van der Waals surface area contributed by atoms with Gasteiger partial charge in [-0.05, 0) is 33.2 Å². The average Bonchev–Trinajstić information content (AvgIpc) is 2.26. The van der Waals surface area contributed by atoms with Crippen molar-refractivity contribution in [1.29, 1.82) is 5.26 Å². The lowest BCUT2D eigenvalue weighted by Crippen LogP contribution is -2.31. The zero-order chi connectivity index (χ0) is 11.3. The molecule has 4 heteroatoms. The number of aromatic nitrogens is 1. The van der Waals surface area contributed by atoms with E-state index in [2.05, 4.69) is 28.2 Å². The van der Waals surface area contributed by atoms with E-state index < -0.39 is 0 Å². The second-order valence-electron chi connectivity index (χ2n) is 3.74. The Morgan fingerprint density at radius 1 is 1.60 bits per heavy atom. The molecule has 1 aromatic heterocycles. The van der Waals surface area contributed by atoms with Crippen LogP contribution in [0, 0.1) is 11.3 Å². The van der Waals surface area contributed by atoms with Crippen LogP contribution in [0.3, 0.4) is 0 Å². The molecule has 1 rings (SSSR count). The number of hydrogen-bond donors (Lipinski definition) is 1. The van der Waals surface area contributed by atoms with Crippen molar-refractivity contribution >= 4 is 5.82 Å². The van der Waals surface area contributed by atoms with Gasteiger partial charge in [0.2, 0.25) is 0 Å². The van der Waals surface area contributed by atoms with Crippen molar-refractivity contribution in [3.8, 4) is 6.07 Å². The summed E-state index contributed by atoms with van der Waals surface area (Å²) in [5.41, 5.74) is 0.630. The first-order chi connectivity index (χ1) is 7.13. The molecule has 0 saturated heterocycles. The SMILES string of the molecule is CC(CNc1cc(C#N)ccn1)N(C)C. The van der Waals surface area contributed by atoms with Crippen LogP contribution >= 0.6 is 0 Å². The lowest BCUT2D eigenvalue weighted by atomic mass is 10.2. The fourth-order valence-electron chi connectivity index (χ4n) is 1.03. The highest BCUT2D eigenvalue weighted by molar-refractivity contribution is 5.42. The standard InChI is InChI=1S/C11H16N4/c1-9(15(2)3)8-14-11-6-10(7-12)4-5-13-11/h4-6,9H,8H2,1-3H3,(H,13,14). The average molecular weight is 204 g/mol. The maximum absolute atomic E-state index is 8.71. The van der Waals surface area contributed by atoms with Gasteiger partial charge in [0.05, 0.1) is 11.6 Å². The van der Waals surface area contributed by atoms with Gasteiger partial charge in [0, 0.05) is 18.8 Å². The quantitative estimate of drug-likeness (QED) is 0.803. The molecule has 0 amide bonds. The Hall–Kier alpha value is -1.60. The van der Waals surface area contributed by atoms with Crippen molar-refractivity contribution in [1.82, 2.24) is 9.88 Å². The molecule has 1 unspecified atom stereocenters. The van der Waals surface area contributed by atoms with Crippen LogP contribution in [-0.4, -0.2) is 36.6 Å². The molecule has 0 radical (unpaired) electrons. The second kappa shape index (κ2) is 5.32. The molecule has 0 saturated carbocycles. The van der Waals surface area contributed by atoms with Gasteiger partial charge < -0.3 is 10.2 Å². The van der Waals surface area contributed by atoms with Crippen molar-refractivity contribution < 1.29 is 0 Å². The van der Waals surface area contributed by atoms with E-state index in [0.717, 1.165) is 12.4 Å². The highest BCUT2D eigenvalue weighted by Gasteiger charge is 2.04. The van der Waals surface area contributed by atoms with Gasteiger partial charge in [0.15, 0.2) is 0 Å². The molecule has 0 aliphatic rings. The first-order valence-corrected chi connectivity index (χ1v) is 4.90. The van der Waals surface area contributed by atoms with Crippen molar-refractivity contribution in [3.05, 3.63) is 23.9 Å². The minimum Gasteiger partial charge on any atom is -0.368 e. The van der Waals surface area contributed by atoms with Crippen molar-refractivity contribution in [2.45, 2.75) is 13.0 Å². The number of anilines is 1. The molecule has 0 spiro atoms. The Labute approximate surface area is 90.5 Å². The Kier molecular flexibility index (Phi) is 4.07. The van der Waals surface area contributed by atoms with Crippen LogP contribution in [0.1, 0.15) is 12.5 Å². The van der Waals surface area contributed by atoms with Crippen LogP contribution in [0.4, 0.5) is 5.82 Å². The smallest absolute Gasteiger partial charge is 0.127 e. The summed E-state index contributed by atoms with van der Waals surface area (Å²) in [5, 5.41) is 11.9. The van der Waals surface area contributed by atoms with Crippen LogP contribution in [0.2, 0.25) is 0 Å². The molecule has 0 bridgehead atoms. The van der Waals surface area contributed by atoms with Crippen LogP contribution in [0.5, 0.6) is 0 Å².